The fourth-order valence-corrected chi connectivity index (χ4v) is 8.11. The SMILES string of the molecule is O=C(O)c1ccc(N(Cc2cnc(C3CCCCC3)cn2)C(=O)[C@]2(OCc3ccccc3)CCN2S(=O)(=O)c2c(F)c(F)cc(F)c2F)cc1. The summed E-state index contributed by atoms with van der Waals surface area (Å²) in [7, 11) is -5.47. The monoisotopic (exact) mass is 712 g/mol. The van der Waals surface area contributed by atoms with E-state index in [2.05, 4.69) is 9.97 Å². The Morgan fingerprint density at radius 2 is 1.58 bits per heavy atom. The number of hydrogen-bond donors (Lipinski definition) is 1. The van der Waals surface area contributed by atoms with Crippen LogP contribution in [-0.2, 0) is 32.7 Å². The van der Waals surface area contributed by atoms with Crippen LogP contribution in [0.1, 0.15) is 71.8 Å². The van der Waals surface area contributed by atoms with Gasteiger partial charge >= 0.3 is 5.97 Å². The number of aromatic carboxylic acids is 1. The Bertz CT molecular complexity index is 1970. The summed E-state index contributed by atoms with van der Waals surface area (Å²) in [5.74, 6) is -10.2. The van der Waals surface area contributed by atoms with E-state index in [1.165, 1.54) is 30.5 Å². The fourth-order valence-electron chi connectivity index (χ4n) is 6.30. The van der Waals surface area contributed by atoms with Crippen molar-refractivity contribution in [2.24, 2.45) is 0 Å². The minimum absolute atomic E-state index is 0.0975. The number of carboxylic acids is 1. The number of hydrogen-bond acceptors (Lipinski definition) is 7. The van der Waals surface area contributed by atoms with Gasteiger partial charge in [0.25, 0.3) is 15.9 Å². The number of anilines is 1. The second-order valence-electron chi connectivity index (χ2n) is 12.2. The van der Waals surface area contributed by atoms with Crippen LogP contribution in [0.4, 0.5) is 23.2 Å². The molecule has 0 unspecified atom stereocenters. The van der Waals surface area contributed by atoms with E-state index < -0.39 is 62.3 Å². The normalized spacial score (nSPS) is 18.4. The number of halogens is 4. The Hall–Kier alpha value is -4.73. The highest BCUT2D eigenvalue weighted by Gasteiger charge is 2.61. The largest absolute Gasteiger partial charge is 0.478 e. The quantitative estimate of drug-likeness (QED) is 0.141. The van der Waals surface area contributed by atoms with Crippen molar-refractivity contribution >= 4 is 27.6 Å². The van der Waals surface area contributed by atoms with Crippen molar-refractivity contribution in [3.8, 4) is 0 Å². The molecule has 3 aromatic carbocycles. The lowest BCUT2D eigenvalue weighted by Gasteiger charge is -2.50. The molecule has 262 valence electrons. The molecule has 10 nitrogen and oxygen atoms in total. The van der Waals surface area contributed by atoms with Crippen molar-refractivity contribution in [3.05, 3.63) is 119 Å². The van der Waals surface area contributed by atoms with Gasteiger partial charge in [0, 0.05) is 36.8 Å². The smallest absolute Gasteiger partial charge is 0.335 e. The van der Waals surface area contributed by atoms with Gasteiger partial charge in [-0.1, -0.05) is 49.6 Å². The third-order valence-corrected chi connectivity index (χ3v) is 11.0. The van der Waals surface area contributed by atoms with Gasteiger partial charge in [-0.15, -0.1) is 0 Å². The van der Waals surface area contributed by atoms with Crippen LogP contribution in [0.3, 0.4) is 0 Å². The first kappa shape index (κ1) is 35.1. The summed E-state index contributed by atoms with van der Waals surface area (Å²) < 4.78 is 92.7. The maximum Gasteiger partial charge on any atom is 0.335 e. The van der Waals surface area contributed by atoms with Gasteiger partial charge in [0.15, 0.2) is 28.2 Å². The number of aromatic nitrogens is 2. The maximum absolute atomic E-state index is 15.0. The molecule has 0 spiro atoms. The number of carbonyl (C=O) groups is 2. The molecule has 1 aromatic heterocycles. The van der Waals surface area contributed by atoms with Crippen molar-refractivity contribution in [1.29, 1.82) is 0 Å². The topological polar surface area (TPSA) is 130 Å². The molecule has 50 heavy (non-hydrogen) atoms. The summed E-state index contributed by atoms with van der Waals surface area (Å²) in [6, 6.07) is 13.4. The van der Waals surface area contributed by atoms with Gasteiger partial charge in [0.1, 0.15) is 0 Å². The molecule has 1 N–H and O–H groups in total. The van der Waals surface area contributed by atoms with E-state index in [4.69, 9.17) is 4.74 Å². The number of sulfonamides is 1. The molecule has 1 saturated heterocycles. The van der Waals surface area contributed by atoms with Crippen LogP contribution in [0, 0.1) is 23.3 Å². The number of carbonyl (C=O) groups excluding carboxylic acids is 1. The molecule has 0 bridgehead atoms. The minimum atomic E-state index is -5.47. The first-order chi connectivity index (χ1) is 23.9. The summed E-state index contributed by atoms with van der Waals surface area (Å²) in [6.07, 6.45) is 8.03. The summed E-state index contributed by atoms with van der Waals surface area (Å²) in [4.78, 5) is 34.7. The molecule has 1 atom stereocenters. The van der Waals surface area contributed by atoms with E-state index in [0.29, 0.717) is 9.87 Å². The van der Waals surface area contributed by atoms with E-state index >= 15 is 0 Å². The highest BCUT2D eigenvalue weighted by molar-refractivity contribution is 7.89. The maximum atomic E-state index is 15.0. The van der Waals surface area contributed by atoms with E-state index in [-0.39, 0.29) is 48.5 Å². The Balaban J connectivity index is 1.42. The lowest BCUT2D eigenvalue weighted by Crippen LogP contribution is -2.70. The van der Waals surface area contributed by atoms with Crippen molar-refractivity contribution in [2.75, 3.05) is 11.4 Å². The fraction of sp³-hybridized carbons (Fsp3) is 0.314. The molecule has 2 heterocycles. The van der Waals surface area contributed by atoms with Crippen LogP contribution in [0.25, 0.3) is 0 Å². The van der Waals surface area contributed by atoms with Gasteiger partial charge in [0.2, 0.25) is 5.72 Å². The molecular weight excluding hydrogens is 680 g/mol. The van der Waals surface area contributed by atoms with Crippen LogP contribution >= 0.6 is 0 Å². The van der Waals surface area contributed by atoms with E-state index in [1.807, 2.05) is 0 Å². The second kappa shape index (κ2) is 14.2. The second-order valence-corrected chi connectivity index (χ2v) is 14.0. The average Bonchev–Trinajstić information content (AvgIpc) is 3.10. The first-order valence-corrected chi connectivity index (χ1v) is 17.4. The lowest BCUT2D eigenvalue weighted by molar-refractivity contribution is -0.194. The molecular formula is C35H32F4N4O6S. The molecule has 1 aliphatic carbocycles. The number of amides is 1. The molecule has 15 heteroatoms. The van der Waals surface area contributed by atoms with Crippen molar-refractivity contribution in [3.63, 3.8) is 0 Å². The third kappa shape index (κ3) is 6.72. The number of rotatable bonds is 11. The number of nitrogens with zero attached hydrogens (tertiary/aromatic N) is 4. The number of benzene rings is 3. The van der Waals surface area contributed by atoms with Gasteiger partial charge in [-0.3, -0.25) is 14.8 Å². The minimum Gasteiger partial charge on any atom is -0.478 e. The molecule has 6 rings (SSSR count). The van der Waals surface area contributed by atoms with E-state index in [9.17, 15) is 40.7 Å². The predicted molar refractivity (Wildman–Crippen MR) is 171 cm³/mol. The molecule has 1 amide bonds. The van der Waals surface area contributed by atoms with E-state index in [1.54, 1.807) is 36.5 Å². The van der Waals surface area contributed by atoms with Crippen molar-refractivity contribution in [1.82, 2.24) is 14.3 Å². The molecule has 1 saturated carbocycles. The van der Waals surface area contributed by atoms with Crippen LogP contribution in [0.15, 0.2) is 78.0 Å². The Morgan fingerprint density at radius 3 is 2.14 bits per heavy atom. The first-order valence-electron chi connectivity index (χ1n) is 15.9. The lowest BCUT2D eigenvalue weighted by atomic mass is 9.87. The zero-order chi connectivity index (χ0) is 35.6. The van der Waals surface area contributed by atoms with Crippen LogP contribution in [-0.4, -0.2) is 51.9 Å². The van der Waals surface area contributed by atoms with Crippen molar-refractivity contribution < 1.29 is 45.4 Å². The van der Waals surface area contributed by atoms with Crippen LogP contribution in [0.5, 0.6) is 0 Å². The summed E-state index contributed by atoms with van der Waals surface area (Å²) >= 11 is 0. The van der Waals surface area contributed by atoms with Gasteiger partial charge < -0.3 is 14.7 Å². The van der Waals surface area contributed by atoms with Gasteiger partial charge in [-0.25, -0.2) is 30.8 Å². The van der Waals surface area contributed by atoms with E-state index in [0.717, 1.165) is 42.7 Å². The predicted octanol–water partition coefficient (Wildman–Crippen LogP) is 6.32. The highest BCUT2D eigenvalue weighted by atomic mass is 32.2. The summed E-state index contributed by atoms with van der Waals surface area (Å²) in [5.41, 5.74) is -0.852. The molecule has 2 aliphatic rings. The standard InChI is InChI=1S/C35H32F4N4O6S/c36-27-17-28(37)31(39)32(30(27)38)50(47,48)43-16-15-35(43,49-21-22-7-3-1-4-8-22)34(46)42(26-13-11-24(12-14-26)33(44)45)20-25-18-41-29(19-40-25)23-9-5-2-6-10-23/h1,3-4,7-8,11-14,17-19,23H,2,5-6,9-10,15-16,20-21H2,(H,44,45)/t35-/m1/s1. The summed E-state index contributed by atoms with van der Waals surface area (Å²) in [5, 5.41) is 9.46. The van der Waals surface area contributed by atoms with Crippen LogP contribution in [0.2, 0.25) is 0 Å². The highest BCUT2D eigenvalue weighted by Crippen LogP contribution is 2.42. The molecule has 0 radical (unpaired) electrons. The number of ether oxygens (including phenoxy) is 1. The van der Waals surface area contributed by atoms with Crippen LogP contribution < -0.4 is 4.90 Å². The van der Waals surface area contributed by atoms with Gasteiger partial charge in [-0.2, -0.15) is 4.31 Å². The Morgan fingerprint density at radius 1 is 0.920 bits per heavy atom. The Labute approximate surface area is 285 Å². The molecule has 4 aromatic rings. The zero-order valence-electron chi connectivity index (χ0n) is 26.6. The zero-order valence-corrected chi connectivity index (χ0v) is 27.4. The van der Waals surface area contributed by atoms with Gasteiger partial charge in [-0.05, 0) is 42.7 Å². The third-order valence-electron chi connectivity index (χ3n) is 9.07. The number of carboxylic acid groups (broad SMARTS) is 1. The van der Waals surface area contributed by atoms with Gasteiger partial charge in [0.05, 0.1) is 36.3 Å². The molecule has 2 fully saturated rings. The molecule has 1 aliphatic heterocycles. The Kier molecular flexibility index (Phi) is 10.0. The average molecular weight is 713 g/mol. The summed E-state index contributed by atoms with van der Waals surface area (Å²) in [6.45, 7) is -1.14. The van der Waals surface area contributed by atoms with Crippen molar-refractivity contribution in [2.45, 2.75) is 68.2 Å².